The number of anilines is 1. The van der Waals surface area contributed by atoms with Gasteiger partial charge in [0.1, 0.15) is 11.9 Å². The van der Waals surface area contributed by atoms with Crippen LogP contribution in [-0.4, -0.2) is 62.5 Å². The van der Waals surface area contributed by atoms with Crippen LogP contribution < -0.4 is 9.64 Å². The lowest BCUT2D eigenvalue weighted by Crippen LogP contribution is -2.62. The number of hydrogen-bond acceptors (Lipinski definition) is 10. The van der Waals surface area contributed by atoms with E-state index in [-0.39, 0.29) is 18.2 Å². The molecule has 1 aliphatic rings. The first kappa shape index (κ1) is 26.5. The standard InChI is InChI=1S/C25H32N6O6/c1-15(2)17-9-7-8-10-19(17)30(14-21-26-28-29(4)27-21)22-18-13-16(31(33)34)11-12-20(18)37-25(3,23(22)32)24(35-5)36-6/h7-13,15,22-24,32H,14H2,1-6H3/t22-,23+,25-/m0/s1. The molecule has 37 heavy (non-hydrogen) atoms. The molecule has 2 heterocycles. The SMILES string of the molecule is COC(OC)[C@@]1(C)Oc2ccc([N+](=O)[O-])cc2[C@H](N(Cc2nnn(C)n2)c2ccccc2C(C)C)[C@H]1O. The summed E-state index contributed by atoms with van der Waals surface area (Å²) in [5.41, 5.74) is 0.814. The summed E-state index contributed by atoms with van der Waals surface area (Å²) in [5.74, 6) is 0.942. The second-order valence-electron chi connectivity index (χ2n) is 9.49. The van der Waals surface area contributed by atoms with Gasteiger partial charge in [0.2, 0.25) is 0 Å². The van der Waals surface area contributed by atoms with Crippen LogP contribution in [-0.2, 0) is 23.1 Å². The van der Waals surface area contributed by atoms with Crippen molar-refractivity contribution in [3.8, 4) is 5.75 Å². The molecule has 0 saturated heterocycles. The molecule has 1 aromatic heterocycles. The van der Waals surface area contributed by atoms with Gasteiger partial charge < -0.3 is 24.2 Å². The molecular weight excluding hydrogens is 480 g/mol. The summed E-state index contributed by atoms with van der Waals surface area (Å²) >= 11 is 0. The van der Waals surface area contributed by atoms with Crippen LogP contribution >= 0.6 is 0 Å². The molecule has 0 fully saturated rings. The summed E-state index contributed by atoms with van der Waals surface area (Å²) in [4.78, 5) is 14.5. The highest BCUT2D eigenvalue weighted by Gasteiger charge is 2.54. The molecule has 2 aromatic carbocycles. The number of methoxy groups -OCH3 is 2. The number of aryl methyl sites for hydroxylation is 1. The van der Waals surface area contributed by atoms with E-state index in [2.05, 4.69) is 29.3 Å². The predicted molar refractivity (Wildman–Crippen MR) is 134 cm³/mol. The van der Waals surface area contributed by atoms with Gasteiger partial charge in [-0.3, -0.25) is 10.1 Å². The number of benzene rings is 2. The first-order valence-electron chi connectivity index (χ1n) is 11.9. The fourth-order valence-electron chi connectivity index (χ4n) is 4.95. The van der Waals surface area contributed by atoms with Gasteiger partial charge in [0.15, 0.2) is 17.7 Å². The van der Waals surface area contributed by atoms with Crippen LogP contribution in [0.5, 0.6) is 5.75 Å². The first-order valence-corrected chi connectivity index (χ1v) is 11.9. The molecule has 0 spiro atoms. The van der Waals surface area contributed by atoms with Crippen molar-refractivity contribution in [1.82, 2.24) is 20.2 Å². The van der Waals surface area contributed by atoms with E-state index >= 15 is 0 Å². The van der Waals surface area contributed by atoms with Crippen LogP contribution in [0, 0.1) is 10.1 Å². The third-order valence-electron chi connectivity index (χ3n) is 6.70. The lowest BCUT2D eigenvalue weighted by atomic mass is 9.82. The van der Waals surface area contributed by atoms with Crippen LogP contribution in [0.4, 0.5) is 11.4 Å². The van der Waals surface area contributed by atoms with E-state index in [0.29, 0.717) is 17.1 Å². The minimum atomic E-state index is -1.36. The molecule has 12 nitrogen and oxygen atoms in total. The van der Waals surface area contributed by atoms with Gasteiger partial charge in [-0.25, -0.2) is 0 Å². The number of nitro benzene ring substituents is 1. The molecule has 3 atom stereocenters. The lowest BCUT2D eigenvalue weighted by Gasteiger charge is -2.50. The number of aromatic nitrogens is 4. The number of aliphatic hydroxyl groups is 1. The summed E-state index contributed by atoms with van der Waals surface area (Å²) in [6.07, 6.45) is -2.19. The Morgan fingerprint density at radius 1 is 1.24 bits per heavy atom. The third-order valence-corrected chi connectivity index (χ3v) is 6.70. The molecule has 1 N–H and O–H groups in total. The van der Waals surface area contributed by atoms with Gasteiger partial charge in [0.25, 0.3) is 5.69 Å². The number of non-ortho nitro benzene ring substituents is 1. The Hall–Kier alpha value is -3.61. The van der Waals surface area contributed by atoms with Gasteiger partial charge in [0, 0.05) is 37.6 Å². The summed E-state index contributed by atoms with van der Waals surface area (Å²) in [7, 11) is 4.60. The van der Waals surface area contributed by atoms with Gasteiger partial charge in [-0.05, 0) is 35.8 Å². The Balaban J connectivity index is 1.98. The number of aliphatic hydroxyl groups excluding tert-OH is 1. The largest absolute Gasteiger partial charge is 0.479 e. The molecule has 0 bridgehead atoms. The molecule has 0 amide bonds. The van der Waals surface area contributed by atoms with Gasteiger partial charge in [0.05, 0.1) is 24.6 Å². The number of ether oxygens (including phenoxy) is 3. The van der Waals surface area contributed by atoms with Crippen molar-refractivity contribution >= 4 is 11.4 Å². The zero-order valence-electron chi connectivity index (χ0n) is 21.7. The average Bonchev–Trinajstić information content (AvgIpc) is 3.28. The van der Waals surface area contributed by atoms with Crippen molar-refractivity contribution in [1.29, 1.82) is 0 Å². The normalized spacial score (nSPS) is 21.1. The lowest BCUT2D eigenvalue weighted by molar-refractivity contribution is -0.385. The van der Waals surface area contributed by atoms with Crippen LogP contribution in [0.2, 0.25) is 0 Å². The topological polar surface area (TPSA) is 138 Å². The van der Waals surface area contributed by atoms with Crippen molar-refractivity contribution in [2.75, 3.05) is 19.1 Å². The van der Waals surface area contributed by atoms with Crippen molar-refractivity contribution < 1.29 is 24.2 Å². The number of para-hydroxylation sites is 1. The smallest absolute Gasteiger partial charge is 0.270 e. The molecular formula is C25H32N6O6. The van der Waals surface area contributed by atoms with E-state index in [1.807, 2.05) is 29.2 Å². The van der Waals surface area contributed by atoms with Crippen molar-refractivity contribution in [3.05, 3.63) is 69.5 Å². The predicted octanol–water partition coefficient (Wildman–Crippen LogP) is 3.12. The number of nitrogens with zero attached hydrogens (tertiary/aromatic N) is 6. The van der Waals surface area contributed by atoms with Crippen LogP contribution in [0.15, 0.2) is 42.5 Å². The Morgan fingerprint density at radius 3 is 2.54 bits per heavy atom. The quantitative estimate of drug-likeness (QED) is 0.258. The summed E-state index contributed by atoms with van der Waals surface area (Å²) in [5, 5.41) is 36.2. The van der Waals surface area contributed by atoms with E-state index in [1.165, 1.54) is 31.1 Å². The molecule has 4 rings (SSSR count). The van der Waals surface area contributed by atoms with E-state index < -0.39 is 29.0 Å². The fourth-order valence-corrected chi connectivity index (χ4v) is 4.95. The molecule has 0 radical (unpaired) electrons. The van der Waals surface area contributed by atoms with Crippen molar-refractivity contribution in [2.24, 2.45) is 7.05 Å². The Morgan fingerprint density at radius 2 is 1.95 bits per heavy atom. The Kier molecular flexibility index (Phi) is 7.44. The highest BCUT2D eigenvalue weighted by atomic mass is 16.7. The van der Waals surface area contributed by atoms with E-state index in [4.69, 9.17) is 14.2 Å². The van der Waals surface area contributed by atoms with Gasteiger partial charge in [-0.1, -0.05) is 32.0 Å². The Labute approximate surface area is 214 Å². The van der Waals surface area contributed by atoms with Gasteiger partial charge in [-0.15, -0.1) is 10.2 Å². The summed E-state index contributed by atoms with van der Waals surface area (Å²) < 4.78 is 17.3. The van der Waals surface area contributed by atoms with Crippen LogP contribution in [0.3, 0.4) is 0 Å². The van der Waals surface area contributed by atoms with Gasteiger partial charge >= 0.3 is 0 Å². The minimum absolute atomic E-state index is 0.118. The average molecular weight is 513 g/mol. The Bertz CT molecular complexity index is 1260. The molecule has 0 aliphatic carbocycles. The maximum absolute atomic E-state index is 12.0. The number of hydrogen-bond donors (Lipinski definition) is 1. The highest BCUT2D eigenvalue weighted by Crippen LogP contribution is 2.48. The number of tetrazole rings is 1. The molecule has 198 valence electrons. The zero-order chi connectivity index (χ0) is 26.9. The summed E-state index contributed by atoms with van der Waals surface area (Å²) in [6.45, 7) is 6.02. The van der Waals surface area contributed by atoms with Crippen molar-refractivity contribution in [3.63, 3.8) is 0 Å². The van der Waals surface area contributed by atoms with Crippen molar-refractivity contribution in [2.45, 2.75) is 57.3 Å². The molecule has 0 unspecified atom stereocenters. The van der Waals surface area contributed by atoms with E-state index in [0.717, 1.165) is 11.3 Å². The van der Waals surface area contributed by atoms with E-state index in [9.17, 15) is 15.2 Å². The molecule has 12 heteroatoms. The maximum Gasteiger partial charge on any atom is 0.270 e. The number of rotatable bonds is 9. The molecule has 1 aliphatic heterocycles. The summed E-state index contributed by atoms with van der Waals surface area (Å²) in [6, 6.07) is 11.4. The molecule has 3 aromatic rings. The highest BCUT2D eigenvalue weighted by molar-refractivity contribution is 5.60. The number of fused-ring (bicyclic) bond motifs is 1. The first-order chi connectivity index (χ1) is 17.6. The fraction of sp³-hybridized carbons (Fsp3) is 0.480. The monoisotopic (exact) mass is 512 g/mol. The van der Waals surface area contributed by atoms with Crippen LogP contribution in [0.25, 0.3) is 0 Å². The molecule has 0 saturated carbocycles. The maximum atomic E-state index is 12.0. The van der Waals surface area contributed by atoms with Crippen LogP contribution in [0.1, 0.15) is 49.7 Å². The second-order valence-corrected chi connectivity index (χ2v) is 9.49. The zero-order valence-corrected chi connectivity index (χ0v) is 21.7. The number of nitro groups is 1. The second kappa shape index (κ2) is 10.4. The van der Waals surface area contributed by atoms with Gasteiger partial charge in [-0.2, -0.15) is 4.80 Å². The van der Waals surface area contributed by atoms with E-state index in [1.54, 1.807) is 20.0 Å². The third kappa shape index (κ3) is 4.87. The minimum Gasteiger partial charge on any atom is -0.479 e.